The summed E-state index contributed by atoms with van der Waals surface area (Å²) in [7, 11) is 0. The molecule has 4 heteroatoms. The van der Waals surface area contributed by atoms with E-state index in [1.165, 1.54) is 0 Å². The zero-order chi connectivity index (χ0) is 12.5. The van der Waals surface area contributed by atoms with Gasteiger partial charge in [-0.3, -0.25) is 9.78 Å². The highest BCUT2D eigenvalue weighted by molar-refractivity contribution is 6.04. The predicted molar refractivity (Wildman–Crippen MR) is 68.8 cm³/mol. The van der Waals surface area contributed by atoms with Gasteiger partial charge in [-0.2, -0.15) is 0 Å². The fourth-order valence-corrected chi connectivity index (χ4v) is 2.23. The number of benzene rings is 1. The van der Waals surface area contributed by atoms with Crippen LogP contribution in [0.1, 0.15) is 17.3 Å². The first kappa shape index (κ1) is 10.9. The van der Waals surface area contributed by atoms with Crippen molar-refractivity contribution >= 4 is 11.6 Å². The summed E-state index contributed by atoms with van der Waals surface area (Å²) in [5.41, 5.74) is 8.56. The Hall–Kier alpha value is -2.20. The zero-order valence-corrected chi connectivity index (χ0v) is 9.78. The molecule has 4 nitrogen and oxygen atoms in total. The lowest BCUT2D eigenvalue weighted by atomic mass is 10.1. The van der Waals surface area contributed by atoms with E-state index in [1.54, 1.807) is 11.1 Å². The lowest BCUT2D eigenvalue weighted by molar-refractivity contribution is -0.119. The van der Waals surface area contributed by atoms with E-state index in [2.05, 4.69) is 4.98 Å². The van der Waals surface area contributed by atoms with E-state index in [9.17, 15) is 4.79 Å². The van der Waals surface area contributed by atoms with Gasteiger partial charge in [-0.25, -0.2) is 0 Å². The van der Waals surface area contributed by atoms with Gasteiger partial charge in [0.1, 0.15) is 6.04 Å². The maximum atomic E-state index is 12.1. The third-order valence-electron chi connectivity index (χ3n) is 3.14. The molecule has 0 spiro atoms. The summed E-state index contributed by atoms with van der Waals surface area (Å²) < 4.78 is 0. The maximum absolute atomic E-state index is 12.1. The molecule has 18 heavy (non-hydrogen) atoms. The van der Waals surface area contributed by atoms with Crippen molar-refractivity contribution in [2.24, 2.45) is 5.73 Å². The highest BCUT2D eigenvalue weighted by Gasteiger charge is 2.34. The molecule has 2 heterocycles. The molecule has 1 atom stereocenters. The Balaban J connectivity index is 1.96. The average molecular weight is 239 g/mol. The summed E-state index contributed by atoms with van der Waals surface area (Å²) in [5.74, 6) is -0.0677. The fourth-order valence-electron chi connectivity index (χ4n) is 2.23. The number of nitrogens with two attached hydrogens (primary N) is 1. The van der Waals surface area contributed by atoms with Crippen molar-refractivity contribution in [1.29, 1.82) is 0 Å². The van der Waals surface area contributed by atoms with Crippen LogP contribution in [0.2, 0.25) is 0 Å². The van der Waals surface area contributed by atoms with E-state index in [-0.39, 0.29) is 5.91 Å². The number of aromatic nitrogens is 1. The Morgan fingerprint density at radius 3 is 2.72 bits per heavy atom. The zero-order valence-electron chi connectivity index (χ0n) is 9.78. The summed E-state index contributed by atoms with van der Waals surface area (Å²) >= 11 is 0. The Bertz CT molecular complexity index is 583. The molecule has 1 aromatic carbocycles. The third-order valence-corrected chi connectivity index (χ3v) is 3.14. The van der Waals surface area contributed by atoms with Gasteiger partial charge in [0.2, 0.25) is 5.91 Å². The second-order valence-corrected chi connectivity index (χ2v) is 4.28. The van der Waals surface area contributed by atoms with Crippen molar-refractivity contribution in [2.75, 3.05) is 4.90 Å². The van der Waals surface area contributed by atoms with Crippen molar-refractivity contribution in [3.63, 3.8) is 0 Å². The van der Waals surface area contributed by atoms with Crippen LogP contribution < -0.4 is 10.6 Å². The number of carbonyl (C=O) groups is 1. The molecule has 90 valence electrons. The molecule has 0 aliphatic carbocycles. The molecule has 1 amide bonds. The fraction of sp³-hybridized carbons (Fsp3) is 0.143. The van der Waals surface area contributed by atoms with Gasteiger partial charge in [-0.1, -0.05) is 24.3 Å². The summed E-state index contributed by atoms with van der Waals surface area (Å²) in [5, 5.41) is 0. The van der Waals surface area contributed by atoms with E-state index in [0.29, 0.717) is 6.54 Å². The van der Waals surface area contributed by atoms with Crippen molar-refractivity contribution < 1.29 is 4.79 Å². The van der Waals surface area contributed by atoms with Crippen LogP contribution in [0.25, 0.3) is 0 Å². The standard InChI is InChI=1S/C14H13N3O/c15-13-11-6-1-2-7-12(11)17(14(13)18)9-10-5-3-4-8-16-10/h1-8,13H,9,15H2. The number of carbonyl (C=O) groups excluding carboxylic acids is 1. The van der Waals surface area contributed by atoms with Crippen LogP contribution in [0.5, 0.6) is 0 Å². The van der Waals surface area contributed by atoms with Gasteiger partial charge in [0.05, 0.1) is 12.2 Å². The first-order valence-corrected chi connectivity index (χ1v) is 5.83. The van der Waals surface area contributed by atoms with Gasteiger partial charge in [0, 0.05) is 17.4 Å². The number of rotatable bonds is 2. The summed E-state index contributed by atoms with van der Waals surface area (Å²) in [6, 6.07) is 12.7. The Kier molecular flexibility index (Phi) is 2.57. The summed E-state index contributed by atoms with van der Waals surface area (Å²) in [6.07, 6.45) is 1.72. The van der Waals surface area contributed by atoms with Crippen molar-refractivity contribution in [1.82, 2.24) is 4.98 Å². The molecule has 1 aliphatic heterocycles. The molecule has 0 saturated heterocycles. The lowest BCUT2D eigenvalue weighted by Gasteiger charge is -2.16. The highest BCUT2D eigenvalue weighted by atomic mass is 16.2. The predicted octanol–water partition coefficient (Wildman–Crippen LogP) is 1.63. The molecular weight excluding hydrogens is 226 g/mol. The monoisotopic (exact) mass is 239 g/mol. The molecular formula is C14H13N3O. The molecule has 2 aromatic rings. The molecule has 0 bridgehead atoms. The van der Waals surface area contributed by atoms with Crippen molar-refractivity contribution in [3.8, 4) is 0 Å². The number of hydrogen-bond acceptors (Lipinski definition) is 3. The number of amides is 1. The van der Waals surface area contributed by atoms with Crippen molar-refractivity contribution in [3.05, 3.63) is 59.9 Å². The number of hydrogen-bond donors (Lipinski definition) is 1. The minimum absolute atomic E-state index is 0.0677. The second-order valence-electron chi connectivity index (χ2n) is 4.28. The number of nitrogens with zero attached hydrogens (tertiary/aromatic N) is 2. The molecule has 0 radical (unpaired) electrons. The summed E-state index contributed by atoms with van der Waals surface area (Å²) in [6.45, 7) is 0.463. The van der Waals surface area contributed by atoms with Crippen LogP contribution >= 0.6 is 0 Å². The summed E-state index contributed by atoms with van der Waals surface area (Å²) in [4.78, 5) is 18.1. The first-order chi connectivity index (χ1) is 8.77. The van der Waals surface area contributed by atoms with E-state index >= 15 is 0 Å². The average Bonchev–Trinajstić information content (AvgIpc) is 2.66. The molecule has 2 N–H and O–H groups in total. The van der Waals surface area contributed by atoms with Crippen LogP contribution in [0.3, 0.4) is 0 Å². The van der Waals surface area contributed by atoms with Crippen molar-refractivity contribution in [2.45, 2.75) is 12.6 Å². The van der Waals surface area contributed by atoms with Gasteiger partial charge in [-0.05, 0) is 18.2 Å². The van der Waals surface area contributed by atoms with E-state index in [0.717, 1.165) is 16.9 Å². The normalized spacial score (nSPS) is 17.9. The minimum Gasteiger partial charge on any atom is -0.316 e. The largest absolute Gasteiger partial charge is 0.316 e. The van der Waals surface area contributed by atoms with Crippen LogP contribution in [0.4, 0.5) is 5.69 Å². The number of para-hydroxylation sites is 1. The SMILES string of the molecule is NC1C(=O)N(Cc2ccccn2)c2ccccc21. The lowest BCUT2D eigenvalue weighted by Crippen LogP contribution is -2.31. The van der Waals surface area contributed by atoms with Crippen LogP contribution in [-0.4, -0.2) is 10.9 Å². The molecule has 1 unspecified atom stereocenters. The Labute approximate surface area is 105 Å². The Morgan fingerprint density at radius 2 is 1.94 bits per heavy atom. The topological polar surface area (TPSA) is 59.2 Å². The molecule has 1 aromatic heterocycles. The van der Waals surface area contributed by atoms with Crippen LogP contribution in [0.15, 0.2) is 48.7 Å². The number of pyridine rings is 1. The smallest absolute Gasteiger partial charge is 0.248 e. The van der Waals surface area contributed by atoms with Crippen LogP contribution in [-0.2, 0) is 11.3 Å². The molecule has 1 aliphatic rings. The highest BCUT2D eigenvalue weighted by Crippen LogP contribution is 2.34. The van der Waals surface area contributed by atoms with Gasteiger partial charge < -0.3 is 10.6 Å². The minimum atomic E-state index is -0.551. The second kappa shape index (κ2) is 4.23. The molecule has 0 fully saturated rings. The maximum Gasteiger partial charge on any atom is 0.248 e. The molecule has 0 saturated carbocycles. The quantitative estimate of drug-likeness (QED) is 0.866. The molecule has 3 rings (SSSR count). The van der Waals surface area contributed by atoms with Gasteiger partial charge in [0.25, 0.3) is 0 Å². The van der Waals surface area contributed by atoms with Gasteiger partial charge in [-0.15, -0.1) is 0 Å². The van der Waals surface area contributed by atoms with E-state index < -0.39 is 6.04 Å². The third kappa shape index (κ3) is 1.67. The van der Waals surface area contributed by atoms with E-state index in [1.807, 2.05) is 42.5 Å². The van der Waals surface area contributed by atoms with E-state index in [4.69, 9.17) is 5.73 Å². The van der Waals surface area contributed by atoms with Gasteiger partial charge in [0.15, 0.2) is 0 Å². The number of fused-ring (bicyclic) bond motifs is 1. The van der Waals surface area contributed by atoms with Gasteiger partial charge >= 0.3 is 0 Å². The number of anilines is 1. The first-order valence-electron chi connectivity index (χ1n) is 5.83. The van der Waals surface area contributed by atoms with Crippen LogP contribution in [0, 0.1) is 0 Å². The Morgan fingerprint density at radius 1 is 1.17 bits per heavy atom.